The minimum absolute atomic E-state index is 0.102. The molecule has 0 unspecified atom stereocenters. The van der Waals surface area contributed by atoms with E-state index < -0.39 is 0 Å². The van der Waals surface area contributed by atoms with Crippen LogP contribution < -0.4 is 9.64 Å². The van der Waals surface area contributed by atoms with Gasteiger partial charge in [-0.2, -0.15) is 0 Å². The van der Waals surface area contributed by atoms with Gasteiger partial charge < -0.3 is 4.74 Å². The normalized spacial score (nSPS) is 15.0. The van der Waals surface area contributed by atoms with Gasteiger partial charge in [0.25, 0.3) is 5.91 Å². The molecular weight excluding hydrogens is 664 g/mol. The summed E-state index contributed by atoms with van der Waals surface area (Å²) in [6.07, 6.45) is 1.90. The van der Waals surface area contributed by atoms with Crippen LogP contribution in [0.3, 0.4) is 0 Å². The van der Waals surface area contributed by atoms with Gasteiger partial charge in [0.05, 0.1) is 14.2 Å². The first-order chi connectivity index (χ1) is 15.3. The predicted molar refractivity (Wildman–Crippen MR) is 154 cm³/mol. The van der Waals surface area contributed by atoms with E-state index in [-0.39, 0.29) is 5.91 Å². The van der Waals surface area contributed by atoms with E-state index in [2.05, 4.69) is 57.3 Å². The third kappa shape index (κ3) is 5.21. The molecule has 7 heteroatoms. The lowest BCUT2D eigenvalue weighted by atomic mass is 10.1. The van der Waals surface area contributed by atoms with Crippen LogP contribution in [0, 0.1) is 21.0 Å². The van der Waals surface area contributed by atoms with Crippen LogP contribution in [0.15, 0.2) is 65.6 Å². The number of anilines is 1. The molecule has 0 bridgehead atoms. The van der Waals surface area contributed by atoms with Gasteiger partial charge in [-0.3, -0.25) is 9.69 Å². The summed E-state index contributed by atoms with van der Waals surface area (Å²) in [4.78, 5) is 15.5. The molecule has 3 aromatic rings. The van der Waals surface area contributed by atoms with Gasteiger partial charge >= 0.3 is 0 Å². The number of ether oxygens (including phenoxy) is 1. The lowest BCUT2D eigenvalue weighted by Gasteiger charge is -2.17. The Morgan fingerprint density at radius 1 is 1.06 bits per heavy atom. The fourth-order valence-corrected chi connectivity index (χ4v) is 6.76. The van der Waals surface area contributed by atoms with Crippen molar-refractivity contribution in [2.45, 2.75) is 20.5 Å². The quantitative estimate of drug-likeness (QED) is 0.158. The Kier molecular flexibility index (Phi) is 7.58. The van der Waals surface area contributed by atoms with Crippen LogP contribution in [0.5, 0.6) is 5.75 Å². The fraction of sp³-hybridized carbons (Fsp3) is 0.120. The van der Waals surface area contributed by atoms with E-state index in [1.807, 2.05) is 68.5 Å². The van der Waals surface area contributed by atoms with E-state index in [9.17, 15) is 4.79 Å². The minimum atomic E-state index is -0.102. The summed E-state index contributed by atoms with van der Waals surface area (Å²) in [5.74, 6) is 0.668. The molecule has 32 heavy (non-hydrogen) atoms. The SMILES string of the molecule is Cc1ccc(N2C(=O)/C(=C/c3cc(I)cc(I)c3OCc3ccccc3)SC2=S)c(C)c1. The van der Waals surface area contributed by atoms with Crippen LogP contribution in [-0.4, -0.2) is 10.2 Å². The minimum Gasteiger partial charge on any atom is -0.487 e. The molecule has 0 saturated carbocycles. The number of nitrogens with zero attached hydrogens (tertiary/aromatic N) is 1. The highest BCUT2D eigenvalue weighted by atomic mass is 127. The van der Waals surface area contributed by atoms with Crippen molar-refractivity contribution in [3.8, 4) is 5.75 Å². The molecule has 1 heterocycles. The van der Waals surface area contributed by atoms with Gasteiger partial charge in [-0.05, 0) is 94.4 Å². The Labute approximate surface area is 224 Å². The fourth-order valence-electron chi connectivity index (χ4n) is 3.44. The molecule has 1 aliphatic rings. The summed E-state index contributed by atoms with van der Waals surface area (Å²) < 4.78 is 8.82. The second-order valence-electron chi connectivity index (χ2n) is 7.39. The molecule has 4 rings (SSSR count). The van der Waals surface area contributed by atoms with Crippen molar-refractivity contribution in [2.24, 2.45) is 0 Å². The van der Waals surface area contributed by atoms with Crippen molar-refractivity contribution in [2.75, 3.05) is 4.90 Å². The van der Waals surface area contributed by atoms with Gasteiger partial charge in [-0.15, -0.1) is 0 Å². The Bertz CT molecular complexity index is 1240. The topological polar surface area (TPSA) is 29.5 Å². The molecule has 0 aromatic heterocycles. The number of carbonyl (C=O) groups excluding carboxylic acids is 1. The monoisotopic (exact) mass is 683 g/mol. The van der Waals surface area contributed by atoms with Crippen molar-refractivity contribution in [1.29, 1.82) is 0 Å². The Hall–Kier alpha value is -1.43. The van der Waals surface area contributed by atoms with Crippen LogP contribution in [0.25, 0.3) is 6.08 Å². The highest BCUT2D eigenvalue weighted by molar-refractivity contribution is 14.1. The zero-order chi connectivity index (χ0) is 22.8. The van der Waals surface area contributed by atoms with E-state index >= 15 is 0 Å². The molecule has 1 fully saturated rings. The van der Waals surface area contributed by atoms with Crippen molar-refractivity contribution in [3.05, 3.63) is 95.0 Å². The third-order valence-corrected chi connectivity index (χ3v) is 7.66. The Morgan fingerprint density at radius 3 is 2.53 bits per heavy atom. The molecule has 162 valence electrons. The number of amides is 1. The lowest BCUT2D eigenvalue weighted by molar-refractivity contribution is -0.113. The third-order valence-electron chi connectivity index (χ3n) is 4.94. The summed E-state index contributed by atoms with van der Waals surface area (Å²) >= 11 is 11.5. The van der Waals surface area contributed by atoms with Crippen molar-refractivity contribution < 1.29 is 9.53 Å². The van der Waals surface area contributed by atoms with Crippen molar-refractivity contribution in [3.63, 3.8) is 0 Å². The van der Waals surface area contributed by atoms with Crippen LogP contribution >= 0.6 is 69.2 Å². The first kappa shape index (κ1) is 23.7. The molecule has 1 saturated heterocycles. The summed E-state index contributed by atoms with van der Waals surface area (Å²) in [5, 5.41) is 0. The molecule has 0 aliphatic carbocycles. The Morgan fingerprint density at radius 2 is 1.81 bits per heavy atom. The van der Waals surface area contributed by atoms with Crippen LogP contribution in [0.1, 0.15) is 22.3 Å². The number of rotatable bonds is 5. The average Bonchev–Trinajstić information content (AvgIpc) is 3.01. The maximum atomic E-state index is 13.3. The van der Waals surface area contributed by atoms with Crippen molar-refractivity contribution >= 4 is 91.2 Å². The number of aryl methyl sites for hydroxylation is 2. The summed E-state index contributed by atoms with van der Waals surface area (Å²) in [7, 11) is 0. The van der Waals surface area contributed by atoms with E-state index in [0.29, 0.717) is 15.8 Å². The van der Waals surface area contributed by atoms with Crippen LogP contribution in [0.4, 0.5) is 5.69 Å². The average molecular weight is 683 g/mol. The highest BCUT2D eigenvalue weighted by Crippen LogP contribution is 2.39. The van der Waals surface area contributed by atoms with Crippen LogP contribution in [0.2, 0.25) is 0 Å². The number of thiocarbonyl (C=S) groups is 1. The van der Waals surface area contributed by atoms with Gasteiger partial charge in [-0.25, -0.2) is 0 Å². The highest BCUT2D eigenvalue weighted by Gasteiger charge is 2.34. The lowest BCUT2D eigenvalue weighted by Crippen LogP contribution is -2.28. The standard InChI is InChI=1S/C25H19I2NO2S2/c1-15-8-9-21(16(2)10-15)28-24(29)22(32-25(28)31)12-18-11-19(26)13-20(27)23(18)30-14-17-6-4-3-5-7-17/h3-13H,14H2,1-2H3/b22-12-. The molecule has 3 aromatic carbocycles. The van der Waals surface area contributed by atoms with E-state index in [0.717, 1.165) is 40.8 Å². The van der Waals surface area contributed by atoms with Crippen molar-refractivity contribution in [1.82, 2.24) is 0 Å². The number of benzene rings is 3. The smallest absolute Gasteiger partial charge is 0.270 e. The second-order valence-corrected chi connectivity index (χ2v) is 11.5. The summed E-state index contributed by atoms with van der Waals surface area (Å²) in [6, 6.07) is 20.2. The van der Waals surface area contributed by atoms with E-state index in [1.54, 1.807) is 4.90 Å². The van der Waals surface area contributed by atoms with E-state index in [4.69, 9.17) is 17.0 Å². The molecule has 1 amide bonds. The summed E-state index contributed by atoms with van der Waals surface area (Å²) in [6.45, 7) is 4.50. The molecular formula is C25H19I2NO2S2. The molecule has 3 nitrogen and oxygen atoms in total. The molecule has 1 aliphatic heterocycles. The van der Waals surface area contributed by atoms with Gasteiger partial charge in [0.1, 0.15) is 12.4 Å². The maximum absolute atomic E-state index is 13.3. The predicted octanol–water partition coefficient (Wildman–Crippen LogP) is 7.50. The zero-order valence-electron chi connectivity index (χ0n) is 17.4. The molecule has 0 atom stereocenters. The number of carbonyl (C=O) groups is 1. The first-order valence-corrected chi connectivity index (χ1v) is 13.2. The van der Waals surface area contributed by atoms with E-state index in [1.165, 1.54) is 11.8 Å². The van der Waals surface area contributed by atoms with Gasteiger partial charge in [0.2, 0.25) is 0 Å². The number of thioether (sulfide) groups is 1. The van der Waals surface area contributed by atoms with Gasteiger partial charge in [-0.1, -0.05) is 72.0 Å². The number of hydrogen-bond acceptors (Lipinski definition) is 4. The van der Waals surface area contributed by atoms with Gasteiger partial charge in [0, 0.05) is 9.13 Å². The largest absolute Gasteiger partial charge is 0.487 e. The van der Waals surface area contributed by atoms with Gasteiger partial charge in [0.15, 0.2) is 4.32 Å². The Balaban J connectivity index is 1.67. The molecule has 0 spiro atoms. The molecule has 0 radical (unpaired) electrons. The second kappa shape index (κ2) is 10.2. The van der Waals surface area contributed by atoms with Crippen LogP contribution in [-0.2, 0) is 11.4 Å². The number of hydrogen-bond donors (Lipinski definition) is 0. The summed E-state index contributed by atoms with van der Waals surface area (Å²) in [5.41, 5.74) is 4.98. The zero-order valence-corrected chi connectivity index (χ0v) is 23.3. The maximum Gasteiger partial charge on any atom is 0.270 e. The first-order valence-electron chi connectivity index (χ1n) is 9.84. The molecule has 0 N–H and O–H groups in total. The number of halogens is 2.